The summed E-state index contributed by atoms with van der Waals surface area (Å²) in [6.45, 7) is 4.72. The normalized spacial score (nSPS) is 13.6. The first-order valence-electron chi connectivity index (χ1n) is 17.0. The van der Waals surface area contributed by atoms with Gasteiger partial charge in [0.25, 0.3) is 0 Å². The Morgan fingerprint density at radius 2 is 1.06 bits per heavy atom. The molecule has 8 aromatic carbocycles. The van der Waals surface area contributed by atoms with Crippen molar-refractivity contribution in [3.05, 3.63) is 169 Å². The van der Waals surface area contributed by atoms with Crippen LogP contribution in [0, 0.1) is 0 Å². The topological polar surface area (TPSA) is 21.3 Å². The Balaban J connectivity index is 1.30. The molecule has 1 N–H and O–H groups in total. The summed E-state index contributed by atoms with van der Waals surface area (Å²) in [5.41, 5.74) is 14.7. The largest absolute Gasteiger partial charge is 0.453 e. The average molecular weight is 628 g/mol. The molecule has 0 unspecified atom stereocenters. The van der Waals surface area contributed by atoms with Crippen molar-refractivity contribution in [1.82, 2.24) is 0 Å². The van der Waals surface area contributed by atoms with Crippen molar-refractivity contribution < 1.29 is 4.74 Å². The molecule has 10 rings (SSSR count). The van der Waals surface area contributed by atoms with Gasteiger partial charge in [-0.3, -0.25) is 0 Å². The molecule has 232 valence electrons. The molecule has 0 fully saturated rings. The fraction of sp³-hybridized carbons (Fsp3) is 0.0638. The van der Waals surface area contributed by atoms with E-state index in [1.54, 1.807) is 0 Å². The Labute approximate surface area is 286 Å². The van der Waals surface area contributed by atoms with Crippen LogP contribution in [0.5, 0.6) is 11.5 Å². The lowest BCUT2D eigenvalue weighted by atomic mass is 9.80. The smallest absolute Gasteiger partial charge is 0.151 e. The monoisotopic (exact) mass is 627 g/mol. The molecule has 49 heavy (non-hydrogen) atoms. The number of fused-ring (bicyclic) bond motifs is 7. The lowest BCUT2D eigenvalue weighted by molar-refractivity contribution is 0.481. The SMILES string of the molecule is CC1(C)c2ccccc2-c2c(-c3c4ccccc4c(-c4ccc5c(c4)Nc4ccccc4O5)c4ccc(-c5ccccc5)cc34)cccc21. The molecule has 0 radical (unpaired) electrons. The van der Waals surface area contributed by atoms with Crippen molar-refractivity contribution in [1.29, 1.82) is 0 Å². The van der Waals surface area contributed by atoms with Crippen LogP contribution in [0.4, 0.5) is 11.4 Å². The molecule has 0 amide bonds. The summed E-state index contributed by atoms with van der Waals surface area (Å²) in [6, 6.07) is 57.3. The fourth-order valence-electron chi connectivity index (χ4n) is 8.35. The molecule has 1 aliphatic carbocycles. The van der Waals surface area contributed by atoms with Crippen molar-refractivity contribution in [2.45, 2.75) is 19.3 Å². The van der Waals surface area contributed by atoms with Crippen LogP contribution in [-0.2, 0) is 5.41 Å². The summed E-state index contributed by atoms with van der Waals surface area (Å²) in [6.07, 6.45) is 0. The highest BCUT2D eigenvalue weighted by atomic mass is 16.5. The molecule has 2 heteroatoms. The summed E-state index contributed by atoms with van der Waals surface area (Å²) in [4.78, 5) is 0. The van der Waals surface area contributed by atoms with Gasteiger partial charge in [-0.25, -0.2) is 0 Å². The first-order chi connectivity index (χ1) is 24.1. The quantitative estimate of drug-likeness (QED) is 0.197. The van der Waals surface area contributed by atoms with Gasteiger partial charge in [-0.05, 0) is 108 Å². The zero-order valence-corrected chi connectivity index (χ0v) is 27.4. The lowest BCUT2D eigenvalue weighted by Crippen LogP contribution is -2.14. The van der Waals surface area contributed by atoms with Gasteiger partial charge in [0.2, 0.25) is 0 Å². The summed E-state index contributed by atoms with van der Waals surface area (Å²) < 4.78 is 6.31. The molecule has 1 aliphatic heterocycles. The number of hydrogen-bond donors (Lipinski definition) is 1. The molecule has 0 saturated carbocycles. The van der Waals surface area contributed by atoms with Crippen molar-refractivity contribution in [2.24, 2.45) is 0 Å². The minimum atomic E-state index is -0.0838. The first kappa shape index (κ1) is 27.9. The number of nitrogens with one attached hydrogen (secondary N) is 1. The van der Waals surface area contributed by atoms with Crippen LogP contribution in [0.1, 0.15) is 25.0 Å². The van der Waals surface area contributed by atoms with Crippen LogP contribution in [0.2, 0.25) is 0 Å². The Hall–Kier alpha value is -6.12. The minimum Gasteiger partial charge on any atom is -0.453 e. The third-order valence-corrected chi connectivity index (χ3v) is 10.7. The van der Waals surface area contributed by atoms with Gasteiger partial charge in [0.15, 0.2) is 11.5 Å². The van der Waals surface area contributed by atoms with E-state index in [1.807, 2.05) is 18.2 Å². The van der Waals surface area contributed by atoms with Crippen molar-refractivity contribution in [3.8, 4) is 56.0 Å². The number of hydrogen-bond acceptors (Lipinski definition) is 2. The molecule has 0 spiro atoms. The molecule has 8 aromatic rings. The third kappa shape index (κ3) is 4.14. The van der Waals surface area contributed by atoms with Gasteiger partial charge in [0, 0.05) is 5.41 Å². The minimum absolute atomic E-state index is 0.0838. The van der Waals surface area contributed by atoms with Gasteiger partial charge >= 0.3 is 0 Å². The zero-order chi connectivity index (χ0) is 32.7. The lowest BCUT2D eigenvalue weighted by Gasteiger charge is -2.24. The van der Waals surface area contributed by atoms with Crippen LogP contribution in [0.15, 0.2) is 158 Å². The van der Waals surface area contributed by atoms with E-state index in [0.717, 1.165) is 28.4 Å². The molecule has 2 aliphatic rings. The third-order valence-electron chi connectivity index (χ3n) is 10.7. The van der Waals surface area contributed by atoms with Crippen molar-refractivity contribution in [2.75, 3.05) is 5.32 Å². The van der Waals surface area contributed by atoms with Gasteiger partial charge in [0.05, 0.1) is 11.4 Å². The Kier molecular flexibility index (Phi) is 5.95. The van der Waals surface area contributed by atoms with Crippen LogP contribution in [0.25, 0.3) is 66.1 Å². The number of rotatable bonds is 3. The number of benzene rings is 8. The first-order valence-corrected chi connectivity index (χ1v) is 17.0. The van der Waals surface area contributed by atoms with Crippen LogP contribution < -0.4 is 10.1 Å². The van der Waals surface area contributed by atoms with Gasteiger partial charge in [-0.1, -0.05) is 141 Å². The van der Waals surface area contributed by atoms with E-state index in [0.29, 0.717) is 0 Å². The Morgan fingerprint density at radius 3 is 1.94 bits per heavy atom. The van der Waals surface area contributed by atoms with Crippen LogP contribution in [-0.4, -0.2) is 0 Å². The van der Waals surface area contributed by atoms with E-state index in [-0.39, 0.29) is 5.41 Å². The van der Waals surface area contributed by atoms with Gasteiger partial charge < -0.3 is 10.1 Å². The van der Waals surface area contributed by atoms with Gasteiger partial charge in [0.1, 0.15) is 0 Å². The summed E-state index contributed by atoms with van der Waals surface area (Å²) in [5.74, 6) is 1.68. The van der Waals surface area contributed by atoms with E-state index >= 15 is 0 Å². The molecular weight excluding hydrogens is 595 g/mol. The van der Waals surface area contributed by atoms with E-state index in [4.69, 9.17) is 4.74 Å². The highest BCUT2D eigenvalue weighted by molar-refractivity contribution is 6.23. The molecular formula is C47H33NO. The maximum absolute atomic E-state index is 6.31. The maximum Gasteiger partial charge on any atom is 0.151 e. The molecule has 2 nitrogen and oxygen atoms in total. The second-order valence-corrected chi connectivity index (χ2v) is 13.8. The summed E-state index contributed by atoms with van der Waals surface area (Å²) in [7, 11) is 0. The Bertz CT molecular complexity index is 2630. The zero-order valence-electron chi connectivity index (χ0n) is 27.4. The second-order valence-electron chi connectivity index (χ2n) is 13.8. The highest BCUT2D eigenvalue weighted by Gasteiger charge is 2.37. The second kappa shape index (κ2) is 10.4. The predicted octanol–water partition coefficient (Wildman–Crippen LogP) is 13.1. The standard InChI is InChI=1S/C47H33NO/c1-47(2)38-19-9-8-17-35(38)46-36(18-12-20-39(46)47)45-33-16-7-6-15-32(33)44(34-25-23-30(27-37(34)45)29-13-4-3-5-14-29)31-24-26-43-41(28-31)48-40-21-10-11-22-42(40)49-43/h3-28,48H,1-2H3. The summed E-state index contributed by atoms with van der Waals surface area (Å²) >= 11 is 0. The Morgan fingerprint density at radius 1 is 0.408 bits per heavy atom. The van der Waals surface area contributed by atoms with Crippen molar-refractivity contribution >= 4 is 32.9 Å². The predicted molar refractivity (Wildman–Crippen MR) is 205 cm³/mol. The van der Waals surface area contributed by atoms with Crippen LogP contribution >= 0.6 is 0 Å². The molecule has 0 bridgehead atoms. The van der Waals surface area contributed by atoms with Crippen LogP contribution in [0.3, 0.4) is 0 Å². The van der Waals surface area contributed by atoms with E-state index in [9.17, 15) is 0 Å². The molecule has 0 aromatic heterocycles. The van der Waals surface area contributed by atoms with Gasteiger partial charge in [-0.2, -0.15) is 0 Å². The molecule has 0 atom stereocenters. The fourth-order valence-corrected chi connectivity index (χ4v) is 8.35. The average Bonchev–Trinajstić information content (AvgIpc) is 3.39. The molecule has 0 saturated heterocycles. The van der Waals surface area contributed by atoms with Gasteiger partial charge in [-0.15, -0.1) is 0 Å². The number of ether oxygens (including phenoxy) is 1. The highest BCUT2D eigenvalue weighted by Crippen LogP contribution is 2.55. The molecule has 1 heterocycles. The van der Waals surface area contributed by atoms with E-state index in [1.165, 1.54) is 71.6 Å². The number of anilines is 2. The van der Waals surface area contributed by atoms with E-state index in [2.05, 4.69) is 159 Å². The van der Waals surface area contributed by atoms with Crippen molar-refractivity contribution in [3.63, 3.8) is 0 Å². The maximum atomic E-state index is 6.31. The van der Waals surface area contributed by atoms with E-state index < -0.39 is 0 Å². The summed E-state index contributed by atoms with van der Waals surface area (Å²) in [5, 5.41) is 8.60. The number of para-hydroxylation sites is 2.